The molecule has 8 heteroatoms. The molecule has 14 atom stereocenters. The average molecular weight is 618 g/mol. The fourth-order valence-electron chi connectivity index (χ4n) is 13.1. The van der Waals surface area contributed by atoms with Crippen LogP contribution in [0, 0.1) is 51.2 Å². The number of carbonyl (C=O) groups excluding carboxylic acids is 1. The fourth-order valence-corrected chi connectivity index (χ4v) is 13.1. The molecule has 0 radical (unpaired) electrons. The third kappa shape index (κ3) is 4.39. The van der Waals surface area contributed by atoms with Crippen LogP contribution in [0.5, 0.6) is 0 Å². The van der Waals surface area contributed by atoms with E-state index in [1.165, 1.54) is 12.8 Å². The predicted molar refractivity (Wildman–Crippen MR) is 166 cm³/mol. The van der Waals surface area contributed by atoms with Crippen molar-refractivity contribution in [1.29, 1.82) is 0 Å². The molecule has 0 amide bonds. The molecule has 0 bridgehead atoms. The largest absolute Gasteiger partial charge is 0.460 e. The van der Waals surface area contributed by atoms with E-state index in [4.69, 9.17) is 18.9 Å². The number of aliphatic hydroxyl groups is 2. The number of ether oxygens (including phenoxy) is 4. The van der Waals surface area contributed by atoms with E-state index in [1.54, 1.807) is 0 Å². The van der Waals surface area contributed by atoms with Gasteiger partial charge in [-0.25, -0.2) is 4.79 Å². The summed E-state index contributed by atoms with van der Waals surface area (Å²) in [7, 11) is 0. The summed E-state index contributed by atoms with van der Waals surface area (Å²) in [6.07, 6.45) is 6.84. The van der Waals surface area contributed by atoms with E-state index in [2.05, 4.69) is 33.0 Å². The molecule has 5 aliphatic carbocycles. The van der Waals surface area contributed by atoms with Crippen LogP contribution in [0.2, 0.25) is 0 Å². The Hall–Kier alpha value is -0.770. The van der Waals surface area contributed by atoms with Gasteiger partial charge in [-0.1, -0.05) is 27.7 Å². The first kappa shape index (κ1) is 31.8. The summed E-state index contributed by atoms with van der Waals surface area (Å²) < 4.78 is 24.9. The third-order valence-corrected chi connectivity index (χ3v) is 14.7. The Bertz CT molecular complexity index is 1120. The van der Waals surface area contributed by atoms with Crippen molar-refractivity contribution in [3.05, 3.63) is 0 Å². The SMILES string of the molecule is CCO[C@@H]([C@H]1C[C@@H](C)[C@H]2[C@H](O1)[C@H](O)C1[C@@H]3CC[C@H]4C(C)(C)[C@@H](OC(=O)[C@@H]5CNCCO5)CCC45C[C@@]35CC[C@@]12C)C(C)(C)O. The van der Waals surface area contributed by atoms with Gasteiger partial charge >= 0.3 is 5.97 Å². The standard InChI is InChI=1S/C36H59NO7/c1-8-41-30(33(5,6)40)22-17-20(2)26-29(43-22)28(38)27-21-9-10-24-32(3,4)25(44-31(39)23-18-37-15-16-42-23)11-12-36(24)19-35(21,36)14-13-34(26,27)7/h20-30,37-38,40H,8-19H2,1-7H3/t20-,21+,22-,23+,24+,25+,26+,27?,28-,29+,30+,34-,35+,36?/m1/s1. The number of fused-ring (bicyclic) bond motifs is 4. The van der Waals surface area contributed by atoms with E-state index in [0.29, 0.717) is 43.4 Å². The maximum atomic E-state index is 13.1. The summed E-state index contributed by atoms with van der Waals surface area (Å²) >= 11 is 0. The smallest absolute Gasteiger partial charge is 0.336 e. The summed E-state index contributed by atoms with van der Waals surface area (Å²) in [6.45, 7) is 17.5. The van der Waals surface area contributed by atoms with Crippen molar-refractivity contribution in [2.75, 3.05) is 26.3 Å². The van der Waals surface area contributed by atoms with Gasteiger partial charge in [0.25, 0.3) is 0 Å². The van der Waals surface area contributed by atoms with E-state index in [0.717, 1.165) is 45.1 Å². The van der Waals surface area contributed by atoms with Crippen LogP contribution < -0.4 is 5.32 Å². The number of aliphatic hydroxyl groups excluding tert-OH is 1. The van der Waals surface area contributed by atoms with Gasteiger partial charge in [0.2, 0.25) is 0 Å². The minimum absolute atomic E-state index is 0.0487. The molecule has 2 unspecified atom stereocenters. The third-order valence-electron chi connectivity index (χ3n) is 14.7. The van der Waals surface area contributed by atoms with Crippen molar-refractivity contribution in [2.45, 2.75) is 142 Å². The lowest BCUT2D eigenvalue weighted by Crippen LogP contribution is -2.56. The quantitative estimate of drug-likeness (QED) is 0.375. The van der Waals surface area contributed by atoms with Crippen molar-refractivity contribution in [1.82, 2.24) is 5.32 Å². The Morgan fingerprint density at radius 3 is 2.55 bits per heavy atom. The minimum Gasteiger partial charge on any atom is -0.460 e. The highest BCUT2D eigenvalue weighted by molar-refractivity contribution is 5.75. The lowest BCUT2D eigenvalue weighted by atomic mass is 9.46. The number of carbonyl (C=O) groups is 1. The van der Waals surface area contributed by atoms with Gasteiger partial charge in [-0.3, -0.25) is 0 Å². The Balaban J connectivity index is 1.11. The molecule has 2 spiro atoms. The topological polar surface area (TPSA) is 106 Å². The highest BCUT2D eigenvalue weighted by Crippen LogP contribution is 2.87. The van der Waals surface area contributed by atoms with Gasteiger partial charge in [-0.2, -0.15) is 0 Å². The first-order chi connectivity index (χ1) is 20.7. The van der Waals surface area contributed by atoms with E-state index in [9.17, 15) is 15.0 Å². The number of hydrogen-bond acceptors (Lipinski definition) is 8. The second-order valence-electron chi connectivity index (χ2n) is 17.5. The molecular weight excluding hydrogens is 558 g/mol. The zero-order valence-corrected chi connectivity index (χ0v) is 28.3. The maximum Gasteiger partial charge on any atom is 0.336 e. The van der Waals surface area contributed by atoms with Crippen molar-refractivity contribution in [3.8, 4) is 0 Å². The summed E-state index contributed by atoms with van der Waals surface area (Å²) in [5.41, 5.74) is -0.496. The monoisotopic (exact) mass is 617 g/mol. The molecule has 8 nitrogen and oxygen atoms in total. The van der Waals surface area contributed by atoms with Crippen molar-refractivity contribution in [3.63, 3.8) is 0 Å². The minimum atomic E-state index is -1.02. The van der Waals surface area contributed by atoms with Crippen LogP contribution in [0.3, 0.4) is 0 Å². The second kappa shape index (κ2) is 10.6. The molecule has 7 rings (SSSR count). The van der Waals surface area contributed by atoms with Gasteiger partial charge < -0.3 is 34.5 Å². The Morgan fingerprint density at radius 2 is 1.86 bits per heavy atom. The Labute approximate surface area is 264 Å². The molecule has 7 aliphatic rings. The van der Waals surface area contributed by atoms with Gasteiger partial charge in [0.05, 0.1) is 30.5 Å². The Kier molecular flexibility index (Phi) is 7.68. The number of nitrogens with one attached hydrogen (secondary N) is 1. The molecule has 0 aromatic carbocycles. The molecule has 5 saturated carbocycles. The number of hydrogen-bond donors (Lipinski definition) is 3. The van der Waals surface area contributed by atoms with E-state index < -0.39 is 23.9 Å². The lowest BCUT2D eigenvalue weighted by Gasteiger charge is -2.60. The molecule has 2 aliphatic heterocycles. The van der Waals surface area contributed by atoms with Gasteiger partial charge in [-0.15, -0.1) is 0 Å². The zero-order chi connectivity index (χ0) is 31.4. The normalized spacial score (nSPS) is 51.6. The van der Waals surface area contributed by atoms with E-state index >= 15 is 0 Å². The average Bonchev–Trinajstić information content (AvgIpc) is 3.57. The number of rotatable bonds is 6. The lowest BCUT2D eigenvalue weighted by molar-refractivity contribution is -0.214. The van der Waals surface area contributed by atoms with Crippen LogP contribution >= 0.6 is 0 Å². The maximum absolute atomic E-state index is 13.1. The van der Waals surface area contributed by atoms with Crippen LogP contribution in [0.4, 0.5) is 0 Å². The van der Waals surface area contributed by atoms with Crippen LogP contribution in [-0.2, 0) is 23.7 Å². The van der Waals surface area contributed by atoms with E-state index in [-0.39, 0.29) is 51.9 Å². The molecule has 7 fully saturated rings. The van der Waals surface area contributed by atoms with Gasteiger partial charge in [0.15, 0.2) is 6.10 Å². The molecular formula is C36H59NO7. The fraction of sp³-hybridized carbons (Fsp3) is 0.972. The van der Waals surface area contributed by atoms with Crippen LogP contribution in [0.1, 0.15) is 99.8 Å². The van der Waals surface area contributed by atoms with Crippen LogP contribution in [0.15, 0.2) is 0 Å². The van der Waals surface area contributed by atoms with E-state index in [1.807, 2.05) is 20.8 Å². The zero-order valence-electron chi connectivity index (χ0n) is 28.3. The first-order valence-electron chi connectivity index (χ1n) is 17.9. The van der Waals surface area contributed by atoms with Gasteiger partial charge in [0, 0.05) is 25.1 Å². The van der Waals surface area contributed by atoms with Crippen molar-refractivity contribution < 1.29 is 34.0 Å². The summed E-state index contributed by atoms with van der Waals surface area (Å²) in [4.78, 5) is 13.1. The summed E-state index contributed by atoms with van der Waals surface area (Å²) in [5, 5.41) is 26.5. The van der Waals surface area contributed by atoms with Crippen LogP contribution in [-0.4, -0.2) is 84.7 Å². The molecule has 2 heterocycles. The van der Waals surface area contributed by atoms with Gasteiger partial charge in [0.1, 0.15) is 12.2 Å². The summed E-state index contributed by atoms with van der Waals surface area (Å²) in [6, 6.07) is 0. The molecule has 2 saturated heterocycles. The molecule has 3 N–H and O–H groups in total. The number of morpholine rings is 1. The number of esters is 1. The highest BCUT2D eigenvalue weighted by Gasteiger charge is 2.82. The molecule has 0 aromatic rings. The Morgan fingerprint density at radius 1 is 1.09 bits per heavy atom. The molecule has 44 heavy (non-hydrogen) atoms. The highest BCUT2D eigenvalue weighted by atomic mass is 16.6. The molecule has 250 valence electrons. The van der Waals surface area contributed by atoms with Crippen molar-refractivity contribution in [2.24, 2.45) is 51.2 Å². The second-order valence-corrected chi connectivity index (χ2v) is 17.5. The van der Waals surface area contributed by atoms with Gasteiger partial charge in [-0.05, 0) is 118 Å². The summed E-state index contributed by atoms with van der Waals surface area (Å²) in [5.74, 6) is 1.75. The van der Waals surface area contributed by atoms with Crippen LogP contribution in [0.25, 0.3) is 0 Å². The molecule has 0 aromatic heterocycles. The van der Waals surface area contributed by atoms with Crippen molar-refractivity contribution >= 4 is 5.97 Å². The predicted octanol–water partition coefficient (Wildman–Crippen LogP) is 4.49. The first-order valence-corrected chi connectivity index (χ1v) is 17.9.